The average molecular weight is 407 g/mol. The van der Waals surface area contributed by atoms with E-state index in [1.54, 1.807) is 12.3 Å². The molecular formula is C20H26N2O5S. The van der Waals surface area contributed by atoms with E-state index in [0.29, 0.717) is 36.2 Å². The van der Waals surface area contributed by atoms with Crippen LogP contribution in [0, 0.1) is 0 Å². The standard InChI is InChI=1S/C20H26N2O5S/c1-20(2,3)27-19(23)16-7-8-21-18-6-5-14(11-17(16)18)22-9-10-26-15(12-22)13-28(4,24)25/h5-8,11,15H,9-10,12-13H2,1-4H3. The molecule has 1 unspecified atom stereocenters. The minimum absolute atomic E-state index is 0.0121. The molecule has 1 saturated heterocycles. The first-order chi connectivity index (χ1) is 13.0. The molecule has 0 amide bonds. The Bertz CT molecular complexity index is 982. The molecule has 2 aromatic rings. The van der Waals surface area contributed by atoms with E-state index in [0.717, 1.165) is 5.69 Å². The smallest absolute Gasteiger partial charge is 0.339 e. The number of ether oxygens (including phenoxy) is 2. The van der Waals surface area contributed by atoms with Gasteiger partial charge in [-0.1, -0.05) is 0 Å². The quantitative estimate of drug-likeness (QED) is 0.721. The molecule has 0 radical (unpaired) electrons. The van der Waals surface area contributed by atoms with Gasteiger partial charge in [-0.25, -0.2) is 13.2 Å². The lowest BCUT2D eigenvalue weighted by Crippen LogP contribution is -2.45. The van der Waals surface area contributed by atoms with Crippen LogP contribution in [0.1, 0.15) is 31.1 Å². The summed E-state index contributed by atoms with van der Waals surface area (Å²) in [5, 5.41) is 0.709. The Balaban J connectivity index is 1.91. The van der Waals surface area contributed by atoms with E-state index in [1.165, 1.54) is 6.26 Å². The Labute approximate surface area is 165 Å². The number of hydrogen-bond acceptors (Lipinski definition) is 7. The first-order valence-electron chi connectivity index (χ1n) is 9.18. The Kier molecular flexibility index (Phi) is 5.63. The number of anilines is 1. The van der Waals surface area contributed by atoms with Gasteiger partial charge in [-0.2, -0.15) is 0 Å². The predicted molar refractivity (Wildman–Crippen MR) is 109 cm³/mol. The summed E-state index contributed by atoms with van der Waals surface area (Å²) in [6.07, 6.45) is 2.43. The number of aromatic nitrogens is 1. The molecule has 28 heavy (non-hydrogen) atoms. The highest BCUT2D eigenvalue weighted by Gasteiger charge is 2.25. The molecule has 0 aliphatic carbocycles. The zero-order valence-corrected chi connectivity index (χ0v) is 17.5. The fourth-order valence-electron chi connectivity index (χ4n) is 3.23. The van der Waals surface area contributed by atoms with Crippen LogP contribution < -0.4 is 4.90 Å². The van der Waals surface area contributed by atoms with E-state index >= 15 is 0 Å². The number of carbonyl (C=O) groups is 1. The molecule has 0 N–H and O–H groups in total. The van der Waals surface area contributed by atoms with Gasteiger partial charge in [0.15, 0.2) is 0 Å². The molecule has 152 valence electrons. The first-order valence-corrected chi connectivity index (χ1v) is 11.2. The van der Waals surface area contributed by atoms with E-state index in [1.807, 2.05) is 39.0 Å². The number of sulfone groups is 1. The maximum absolute atomic E-state index is 12.6. The van der Waals surface area contributed by atoms with Crippen LogP contribution in [0.15, 0.2) is 30.5 Å². The van der Waals surface area contributed by atoms with Crippen LogP contribution in [-0.2, 0) is 19.3 Å². The second-order valence-corrected chi connectivity index (χ2v) is 10.3. The second-order valence-electron chi connectivity index (χ2n) is 8.09. The summed E-state index contributed by atoms with van der Waals surface area (Å²) in [7, 11) is -3.12. The Morgan fingerprint density at radius 2 is 2.07 bits per heavy atom. The summed E-state index contributed by atoms with van der Waals surface area (Å²) < 4.78 is 34.3. The van der Waals surface area contributed by atoms with Crippen molar-refractivity contribution in [1.29, 1.82) is 0 Å². The highest BCUT2D eigenvalue weighted by molar-refractivity contribution is 7.90. The maximum atomic E-state index is 12.6. The lowest BCUT2D eigenvalue weighted by molar-refractivity contribution is 0.00716. The van der Waals surface area contributed by atoms with E-state index in [2.05, 4.69) is 9.88 Å². The minimum Gasteiger partial charge on any atom is -0.456 e. The van der Waals surface area contributed by atoms with Gasteiger partial charge in [-0.3, -0.25) is 4.98 Å². The van der Waals surface area contributed by atoms with Gasteiger partial charge in [0.1, 0.15) is 15.4 Å². The molecule has 1 aliphatic rings. The lowest BCUT2D eigenvalue weighted by Gasteiger charge is -2.34. The molecule has 0 bridgehead atoms. The SMILES string of the molecule is CC(C)(C)OC(=O)c1ccnc2ccc(N3CCOC(CS(C)(=O)=O)C3)cc12. The number of morpholine rings is 1. The van der Waals surface area contributed by atoms with Crippen LogP contribution in [0.5, 0.6) is 0 Å². The zero-order valence-electron chi connectivity index (χ0n) is 16.6. The Hall–Kier alpha value is -2.19. The molecule has 1 aliphatic heterocycles. The number of nitrogens with zero attached hydrogens (tertiary/aromatic N) is 2. The third-order valence-electron chi connectivity index (χ3n) is 4.34. The third kappa shape index (κ3) is 5.20. The van der Waals surface area contributed by atoms with Crippen LogP contribution in [0.2, 0.25) is 0 Å². The molecule has 7 nitrogen and oxygen atoms in total. The van der Waals surface area contributed by atoms with Crippen LogP contribution in [0.3, 0.4) is 0 Å². The van der Waals surface area contributed by atoms with Crippen molar-refractivity contribution in [2.45, 2.75) is 32.5 Å². The monoisotopic (exact) mass is 406 g/mol. The maximum Gasteiger partial charge on any atom is 0.339 e. The van der Waals surface area contributed by atoms with Crippen molar-refractivity contribution in [3.05, 3.63) is 36.0 Å². The number of carbonyl (C=O) groups excluding carboxylic acids is 1. The predicted octanol–water partition coefficient (Wildman–Crippen LogP) is 2.44. The van der Waals surface area contributed by atoms with Crippen molar-refractivity contribution < 1.29 is 22.7 Å². The highest BCUT2D eigenvalue weighted by Crippen LogP contribution is 2.26. The summed E-state index contributed by atoms with van der Waals surface area (Å²) in [5.74, 6) is -0.407. The van der Waals surface area contributed by atoms with Crippen molar-refractivity contribution in [3.8, 4) is 0 Å². The summed E-state index contributed by atoms with van der Waals surface area (Å²) in [5.41, 5.74) is 1.47. The molecule has 1 aromatic carbocycles. The van der Waals surface area contributed by atoms with Gasteiger partial charge in [-0.15, -0.1) is 0 Å². The highest BCUT2D eigenvalue weighted by atomic mass is 32.2. The van der Waals surface area contributed by atoms with Gasteiger partial charge >= 0.3 is 5.97 Å². The number of rotatable bonds is 4. The summed E-state index contributed by atoms with van der Waals surface area (Å²) in [6.45, 7) is 7.05. The van der Waals surface area contributed by atoms with Crippen LogP contribution in [0.4, 0.5) is 5.69 Å². The van der Waals surface area contributed by atoms with Crippen LogP contribution in [0.25, 0.3) is 10.9 Å². The van der Waals surface area contributed by atoms with Gasteiger partial charge in [0.25, 0.3) is 0 Å². The Morgan fingerprint density at radius 3 is 2.75 bits per heavy atom. The van der Waals surface area contributed by atoms with Gasteiger partial charge in [0, 0.05) is 36.6 Å². The molecule has 2 heterocycles. The molecule has 8 heteroatoms. The molecule has 1 aromatic heterocycles. The van der Waals surface area contributed by atoms with Crippen LogP contribution in [-0.4, -0.2) is 62.8 Å². The van der Waals surface area contributed by atoms with E-state index < -0.39 is 21.4 Å². The van der Waals surface area contributed by atoms with E-state index in [9.17, 15) is 13.2 Å². The first kappa shape index (κ1) is 20.5. The molecule has 1 fully saturated rings. The number of pyridine rings is 1. The molecular weight excluding hydrogens is 380 g/mol. The van der Waals surface area contributed by atoms with Crippen molar-refractivity contribution in [3.63, 3.8) is 0 Å². The molecule has 1 atom stereocenters. The Morgan fingerprint density at radius 1 is 1.32 bits per heavy atom. The second kappa shape index (κ2) is 7.67. The normalized spacial score (nSPS) is 18.3. The van der Waals surface area contributed by atoms with Crippen molar-refractivity contribution >= 4 is 32.4 Å². The molecule has 0 saturated carbocycles. The summed E-state index contributed by atoms with van der Waals surface area (Å²) in [6, 6.07) is 7.35. The number of fused-ring (bicyclic) bond motifs is 1. The molecule has 3 rings (SSSR count). The van der Waals surface area contributed by atoms with Gasteiger partial charge in [0.05, 0.1) is 29.5 Å². The van der Waals surface area contributed by atoms with E-state index in [-0.39, 0.29) is 11.9 Å². The fourth-order valence-corrected chi connectivity index (χ4v) is 4.11. The number of hydrogen-bond donors (Lipinski definition) is 0. The van der Waals surface area contributed by atoms with Crippen molar-refractivity contribution in [1.82, 2.24) is 4.98 Å². The van der Waals surface area contributed by atoms with Gasteiger partial charge in [0.2, 0.25) is 0 Å². The fraction of sp³-hybridized carbons (Fsp3) is 0.500. The summed E-state index contributed by atoms with van der Waals surface area (Å²) in [4.78, 5) is 19.0. The van der Waals surface area contributed by atoms with Gasteiger partial charge in [-0.05, 0) is 45.0 Å². The number of benzene rings is 1. The zero-order chi connectivity index (χ0) is 20.5. The third-order valence-corrected chi connectivity index (χ3v) is 5.31. The number of esters is 1. The van der Waals surface area contributed by atoms with E-state index in [4.69, 9.17) is 9.47 Å². The minimum atomic E-state index is -3.12. The average Bonchev–Trinajstić information content (AvgIpc) is 2.58. The van der Waals surface area contributed by atoms with Gasteiger partial charge < -0.3 is 14.4 Å². The van der Waals surface area contributed by atoms with Crippen molar-refractivity contribution in [2.75, 3.05) is 36.6 Å². The van der Waals surface area contributed by atoms with Crippen LogP contribution >= 0.6 is 0 Å². The topological polar surface area (TPSA) is 85.8 Å². The lowest BCUT2D eigenvalue weighted by atomic mass is 10.1. The summed E-state index contributed by atoms with van der Waals surface area (Å²) >= 11 is 0. The molecule has 0 spiro atoms. The van der Waals surface area contributed by atoms with Crippen molar-refractivity contribution in [2.24, 2.45) is 0 Å². The largest absolute Gasteiger partial charge is 0.456 e.